The number of ketones is 1. The Kier molecular flexibility index (Phi) is 5.73. The number of Topliss-reactive ketones (excluding diaryl/α,β-unsaturated/α-hetero) is 1. The molecule has 6 nitrogen and oxygen atoms in total. The van der Waals surface area contributed by atoms with Crippen molar-refractivity contribution in [2.45, 2.75) is 39.2 Å². The van der Waals surface area contributed by atoms with Crippen LogP contribution in [0, 0.1) is 0 Å². The number of nitrogens with one attached hydrogen (secondary N) is 3. The minimum absolute atomic E-state index is 0.0346. The number of hydrogen-bond acceptors (Lipinski definition) is 4. The molecule has 0 fully saturated rings. The largest absolute Gasteiger partial charge is 0.492 e. The third-order valence-electron chi connectivity index (χ3n) is 4.33. The fraction of sp³-hybridized carbons (Fsp3) is 0.400. The van der Waals surface area contributed by atoms with Gasteiger partial charge in [-0.05, 0) is 25.0 Å². The summed E-state index contributed by atoms with van der Waals surface area (Å²) in [6, 6.07) is 7.69. The number of fused-ring (bicyclic) bond motifs is 1. The topological polar surface area (TPSA) is 83.2 Å². The Morgan fingerprint density at radius 3 is 2.96 bits per heavy atom. The molecule has 3 N–H and O–H groups in total. The number of aromatic nitrogens is 1. The van der Waals surface area contributed by atoms with Crippen LogP contribution < -0.4 is 15.4 Å². The summed E-state index contributed by atoms with van der Waals surface area (Å²) in [5.74, 6) is 0.448. The van der Waals surface area contributed by atoms with Gasteiger partial charge in [0.25, 0.3) is 5.91 Å². The molecule has 1 heterocycles. The second-order valence-corrected chi connectivity index (χ2v) is 6.77. The number of ether oxygens (including phenoxy) is 1. The maximum Gasteiger partial charge on any atom is 0.257 e. The van der Waals surface area contributed by atoms with Gasteiger partial charge in [-0.1, -0.05) is 19.9 Å². The van der Waals surface area contributed by atoms with Crippen LogP contribution in [0.3, 0.4) is 0 Å². The molecule has 0 saturated carbocycles. The Morgan fingerprint density at radius 2 is 2.15 bits per heavy atom. The average molecular weight is 355 g/mol. The lowest BCUT2D eigenvalue weighted by molar-refractivity contribution is 0.0956. The molecule has 0 unspecified atom stereocenters. The van der Waals surface area contributed by atoms with Gasteiger partial charge in [0.2, 0.25) is 0 Å². The van der Waals surface area contributed by atoms with E-state index in [0.29, 0.717) is 41.6 Å². The molecule has 1 aliphatic rings. The maximum absolute atomic E-state index is 12.6. The molecule has 1 amide bonds. The first-order chi connectivity index (χ1) is 12.5. The van der Waals surface area contributed by atoms with Gasteiger partial charge in [-0.25, -0.2) is 0 Å². The molecule has 3 rings (SSSR count). The van der Waals surface area contributed by atoms with E-state index >= 15 is 0 Å². The molecule has 0 aliphatic heterocycles. The van der Waals surface area contributed by atoms with Gasteiger partial charge in [-0.15, -0.1) is 0 Å². The number of rotatable bonds is 7. The number of aryl methyl sites for hydroxylation is 1. The highest BCUT2D eigenvalue weighted by atomic mass is 16.5. The predicted octanol–water partition coefficient (Wildman–Crippen LogP) is 3.16. The maximum atomic E-state index is 12.6. The van der Waals surface area contributed by atoms with Crippen molar-refractivity contribution in [3.8, 4) is 5.75 Å². The minimum Gasteiger partial charge on any atom is -0.492 e. The van der Waals surface area contributed by atoms with Crippen LogP contribution in [-0.2, 0) is 6.42 Å². The number of anilines is 1. The number of carbonyl (C=O) groups is 2. The van der Waals surface area contributed by atoms with Crippen LogP contribution in [0.2, 0.25) is 0 Å². The monoisotopic (exact) mass is 355 g/mol. The van der Waals surface area contributed by atoms with Crippen molar-refractivity contribution in [3.05, 3.63) is 47.3 Å². The van der Waals surface area contributed by atoms with Crippen LogP contribution in [-0.4, -0.2) is 35.9 Å². The first kappa shape index (κ1) is 18.2. The number of amides is 1. The highest BCUT2D eigenvalue weighted by molar-refractivity contribution is 6.13. The van der Waals surface area contributed by atoms with Gasteiger partial charge < -0.3 is 20.4 Å². The quantitative estimate of drug-likeness (QED) is 0.666. The number of H-pyrrole nitrogens is 1. The second kappa shape index (κ2) is 8.19. The van der Waals surface area contributed by atoms with Crippen LogP contribution in [0.4, 0.5) is 5.69 Å². The summed E-state index contributed by atoms with van der Waals surface area (Å²) in [4.78, 5) is 27.8. The zero-order valence-electron chi connectivity index (χ0n) is 15.2. The van der Waals surface area contributed by atoms with Gasteiger partial charge in [0.15, 0.2) is 5.78 Å². The van der Waals surface area contributed by atoms with Crippen LogP contribution >= 0.6 is 0 Å². The lowest BCUT2D eigenvalue weighted by atomic mass is 9.93. The lowest BCUT2D eigenvalue weighted by Crippen LogP contribution is -2.27. The minimum atomic E-state index is -0.281. The normalized spacial score (nSPS) is 13.6. The van der Waals surface area contributed by atoms with E-state index in [1.807, 2.05) is 12.1 Å². The lowest BCUT2D eigenvalue weighted by Gasteiger charge is -2.13. The number of carbonyl (C=O) groups excluding carboxylic acids is 2. The van der Waals surface area contributed by atoms with Crippen LogP contribution in [0.5, 0.6) is 5.75 Å². The molecular weight excluding hydrogens is 330 g/mol. The van der Waals surface area contributed by atoms with Gasteiger partial charge in [0, 0.05) is 42.7 Å². The van der Waals surface area contributed by atoms with Crippen molar-refractivity contribution in [2.24, 2.45) is 0 Å². The molecule has 138 valence electrons. The van der Waals surface area contributed by atoms with Crippen molar-refractivity contribution in [3.63, 3.8) is 0 Å². The summed E-state index contributed by atoms with van der Waals surface area (Å²) < 4.78 is 5.70. The van der Waals surface area contributed by atoms with Crippen LogP contribution in [0.1, 0.15) is 53.1 Å². The van der Waals surface area contributed by atoms with E-state index in [4.69, 9.17) is 4.74 Å². The first-order valence-electron chi connectivity index (χ1n) is 9.05. The summed E-state index contributed by atoms with van der Waals surface area (Å²) in [5, 5.41) is 6.14. The van der Waals surface area contributed by atoms with Crippen molar-refractivity contribution in [1.82, 2.24) is 10.3 Å². The first-order valence-corrected chi connectivity index (χ1v) is 9.05. The summed E-state index contributed by atoms with van der Waals surface area (Å²) in [5.41, 5.74) is 2.46. The van der Waals surface area contributed by atoms with Gasteiger partial charge >= 0.3 is 0 Å². The third-order valence-corrected chi connectivity index (χ3v) is 4.33. The van der Waals surface area contributed by atoms with Gasteiger partial charge in [-0.2, -0.15) is 0 Å². The van der Waals surface area contributed by atoms with E-state index in [1.54, 1.807) is 18.3 Å². The second-order valence-electron chi connectivity index (χ2n) is 6.77. The molecule has 26 heavy (non-hydrogen) atoms. The van der Waals surface area contributed by atoms with E-state index in [0.717, 1.165) is 25.1 Å². The molecule has 1 aromatic carbocycles. The van der Waals surface area contributed by atoms with E-state index in [9.17, 15) is 9.59 Å². The van der Waals surface area contributed by atoms with Gasteiger partial charge in [-0.3, -0.25) is 9.59 Å². The summed E-state index contributed by atoms with van der Waals surface area (Å²) in [7, 11) is 0. The summed E-state index contributed by atoms with van der Waals surface area (Å²) in [6.45, 7) is 5.47. The molecule has 0 atom stereocenters. The highest BCUT2D eigenvalue weighted by Crippen LogP contribution is 2.25. The fourth-order valence-electron chi connectivity index (χ4n) is 3.09. The summed E-state index contributed by atoms with van der Waals surface area (Å²) in [6.07, 6.45) is 3.76. The third kappa shape index (κ3) is 4.32. The average Bonchev–Trinajstić information content (AvgIpc) is 3.05. The predicted molar refractivity (Wildman–Crippen MR) is 101 cm³/mol. The SMILES string of the molecule is CC(C)NCCOc1cccc(NC(=O)c2c[nH]c3c2C(=O)CCC3)c1. The zero-order chi connectivity index (χ0) is 18.5. The van der Waals surface area contributed by atoms with Crippen LogP contribution in [0.15, 0.2) is 30.5 Å². The molecule has 0 bridgehead atoms. The number of benzene rings is 1. The number of hydrogen-bond donors (Lipinski definition) is 3. The Bertz CT molecular complexity index is 795. The van der Waals surface area contributed by atoms with Gasteiger partial charge in [0.1, 0.15) is 12.4 Å². The Balaban J connectivity index is 1.64. The summed E-state index contributed by atoms with van der Waals surface area (Å²) >= 11 is 0. The van der Waals surface area contributed by atoms with Crippen molar-refractivity contribution in [1.29, 1.82) is 0 Å². The van der Waals surface area contributed by atoms with Gasteiger partial charge in [0.05, 0.1) is 11.1 Å². The number of aromatic amines is 1. The van der Waals surface area contributed by atoms with Crippen molar-refractivity contribution >= 4 is 17.4 Å². The molecule has 0 radical (unpaired) electrons. The highest BCUT2D eigenvalue weighted by Gasteiger charge is 2.25. The fourth-order valence-corrected chi connectivity index (χ4v) is 3.09. The van der Waals surface area contributed by atoms with E-state index in [-0.39, 0.29) is 11.7 Å². The van der Waals surface area contributed by atoms with E-state index < -0.39 is 0 Å². The molecule has 0 saturated heterocycles. The van der Waals surface area contributed by atoms with E-state index in [2.05, 4.69) is 29.5 Å². The standard InChI is InChI=1S/C20H25N3O3/c1-13(2)21-9-10-26-15-6-3-5-14(11-15)23-20(25)16-12-22-17-7-4-8-18(24)19(16)17/h3,5-6,11-13,21-22H,4,7-10H2,1-2H3,(H,23,25). The van der Waals surface area contributed by atoms with Crippen molar-refractivity contribution in [2.75, 3.05) is 18.5 Å². The molecule has 2 aromatic rings. The van der Waals surface area contributed by atoms with Crippen molar-refractivity contribution < 1.29 is 14.3 Å². The Labute approximate surface area is 153 Å². The zero-order valence-corrected chi connectivity index (χ0v) is 15.2. The Hall–Kier alpha value is -2.60. The molecule has 1 aliphatic carbocycles. The molecule has 0 spiro atoms. The van der Waals surface area contributed by atoms with Crippen LogP contribution in [0.25, 0.3) is 0 Å². The molecule has 6 heteroatoms. The molecular formula is C20H25N3O3. The Morgan fingerprint density at radius 1 is 1.31 bits per heavy atom. The smallest absolute Gasteiger partial charge is 0.257 e. The van der Waals surface area contributed by atoms with E-state index in [1.165, 1.54) is 0 Å². The molecule has 1 aromatic heterocycles.